The number of rotatable bonds is 1. The minimum Gasteiger partial charge on any atom is -0.498 e. The first kappa shape index (κ1) is 8.43. The molecule has 0 aromatic heterocycles. The number of aliphatic hydroxyl groups excluding tert-OH is 1. The average molecular weight is 169 g/mol. The Bertz CT molecular complexity index is 240. The summed E-state index contributed by atoms with van der Waals surface area (Å²) in [7, 11) is 1.52. The van der Waals surface area contributed by atoms with Crippen LogP contribution in [0.5, 0.6) is 0 Å². The zero-order valence-corrected chi connectivity index (χ0v) is 7.23. The van der Waals surface area contributed by atoms with Gasteiger partial charge in [-0.15, -0.1) is 0 Å². The maximum absolute atomic E-state index is 9.40. The van der Waals surface area contributed by atoms with E-state index in [0.29, 0.717) is 10.6 Å². The predicted molar refractivity (Wildman–Crippen MR) is 46.1 cm³/mol. The smallest absolute Gasteiger partial charge is 0.147 e. The summed E-state index contributed by atoms with van der Waals surface area (Å²) in [6, 6.07) is 0. The number of aliphatic hydroxyl groups is 1. The number of methoxy groups -OCH3 is 1. The molecule has 0 saturated carbocycles. The van der Waals surface area contributed by atoms with Gasteiger partial charge in [0.1, 0.15) is 11.9 Å². The molecule has 1 radical (unpaired) electrons. The lowest BCUT2D eigenvalue weighted by atomic mass is 10.0. The van der Waals surface area contributed by atoms with Gasteiger partial charge in [0.05, 0.1) is 12.0 Å². The van der Waals surface area contributed by atoms with E-state index in [0.717, 1.165) is 5.57 Å². The van der Waals surface area contributed by atoms with Gasteiger partial charge in [0.2, 0.25) is 0 Å². The van der Waals surface area contributed by atoms with E-state index in [1.807, 2.05) is 6.92 Å². The van der Waals surface area contributed by atoms with Crippen LogP contribution in [-0.2, 0) is 4.74 Å². The third kappa shape index (κ3) is 1.49. The van der Waals surface area contributed by atoms with Crippen molar-refractivity contribution in [3.63, 3.8) is 0 Å². The van der Waals surface area contributed by atoms with Gasteiger partial charge < -0.3 is 9.84 Å². The predicted octanol–water partition coefficient (Wildman–Crippen LogP) is 1.01. The van der Waals surface area contributed by atoms with Gasteiger partial charge in [-0.05, 0) is 18.6 Å². The molecule has 0 amide bonds. The molecule has 0 spiro atoms. The van der Waals surface area contributed by atoms with E-state index in [-0.39, 0.29) is 0 Å². The standard InChI is InChI=1S/C8H9O2S/c1-5-3-4-6(11)7(9)8(5)10-2/h3,7,9H,1-2H3. The number of thiocarbonyl (C=S) groups is 1. The van der Waals surface area contributed by atoms with Crippen molar-refractivity contribution in [1.29, 1.82) is 0 Å². The topological polar surface area (TPSA) is 29.5 Å². The van der Waals surface area contributed by atoms with E-state index < -0.39 is 6.10 Å². The summed E-state index contributed by atoms with van der Waals surface area (Å²) in [5.74, 6) is 0.522. The minimum atomic E-state index is -0.792. The lowest BCUT2D eigenvalue weighted by Crippen LogP contribution is -2.24. The Hall–Kier alpha value is -0.670. The molecule has 0 heterocycles. The molecular formula is C8H9O2S. The molecular weight excluding hydrogens is 160 g/mol. The number of ether oxygens (including phenoxy) is 1. The Morgan fingerprint density at radius 2 is 2.36 bits per heavy atom. The first-order valence-electron chi connectivity index (χ1n) is 3.23. The van der Waals surface area contributed by atoms with Crippen molar-refractivity contribution in [2.24, 2.45) is 0 Å². The van der Waals surface area contributed by atoms with Crippen molar-refractivity contribution in [2.45, 2.75) is 13.0 Å². The summed E-state index contributed by atoms with van der Waals surface area (Å²) in [4.78, 5) is 0.382. The van der Waals surface area contributed by atoms with E-state index >= 15 is 0 Å². The second-order valence-corrected chi connectivity index (χ2v) is 2.75. The fraction of sp³-hybridized carbons (Fsp3) is 0.375. The fourth-order valence-electron chi connectivity index (χ4n) is 0.937. The van der Waals surface area contributed by atoms with Crippen molar-refractivity contribution in [1.82, 2.24) is 0 Å². The molecule has 1 rings (SSSR count). The van der Waals surface area contributed by atoms with Crippen LogP contribution in [0.25, 0.3) is 0 Å². The summed E-state index contributed by atoms with van der Waals surface area (Å²) in [6.45, 7) is 1.84. The Morgan fingerprint density at radius 3 is 2.82 bits per heavy atom. The van der Waals surface area contributed by atoms with Crippen molar-refractivity contribution >= 4 is 17.1 Å². The average Bonchev–Trinajstić information content (AvgIpc) is 1.99. The summed E-state index contributed by atoms with van der Waals surface area (Å²) in [5.41, 5.74) is 0.869. The summed E-state index contributed by atoms with van der Waals surface area (Å²) >= 11 is 4.82. The van der Waals surface area contributed by atoms with Crippen LogP contribution in [0.15, 0.2) is 17.4 Å². The molecule has 1 aliphatic rings. The molecule has 0 aliphatic heterocycles. The Kier molecular flexibility index (Phi) is 2.42. The molecule has 0 aromatic rings. The SMILES string of the molecule is COC1=C(C)C=[C]C(=S)C1O. The third-order valence-electron chi connectivity index (χ3n) is 1.54. The van der Waals surface area contributed by atoms with Crippen LogP contribution in [0, 0.1) is 6.08 Å². The zero-order chi connectivity index (χ0) is 8.43. The first-order valence-corrected chi connectivity index (χ1v) is 3.64. The summed E-state index contributed by atoms with van der Waals surface area (Å²) in [5, 5.41) is 9.40. The molecule has 3 heteroatoms. The van der Waals surface area contributed by atoms with Crippen molar-refractivity contribution in [3.8, 4) is 0 Å². The monoisotopic (exact) mass is 169 g/mol. The Labute approximate surface area is 71.2 Å². The van der Waals surface area contributed by atoms with Gasteiger partial charge in [-0.3, -0.25) is 0 Å². The zero-order valence-electron chi connectivity index (χ0n) is 6.42. The van der Waals surface area contributed by atoms with Crippen LogP contribution in [0.3, 0.4) is 0 Å². The second-order valence-electron chi connectivity index (χ2n) is 2.31. The molecule has 0 bridgehead atoms. The number of hydrogen-bond acceptors (Lipinski definition) is 3. The molecule has 59 valence electrons. The van der Waals surface area contributed by atoms with Gasteiger partial charge in [-0.25, -0.2) is 0 Å². The van der Waals surface area contributed by atoms with Gasteiger partial charge in [-0.1, -0.05) is 12.2 Å². The fourth-order valence-corrected chi connectivity index (χ4v) is 1.10. The largest absolute Gasteiger partial charge is 0.498 e. The lowest BCUT2D eigenvalue weighted by Gasteiger charge is -2.17. The van der Waals surface area contributed by atoms with E-state index in [9.17, 15) is 5.11 Å². The van der Waals surface area contributed by atoms with Gasteiger partial charge in [-0.2, -0.15) is 0 Å². The lowest BCUT2D eigenvalue weighted by molar-refractivity contribution is 0.171. The molecule has 0 aromatic carbocycles. The van der Waals surface area contributed by atoms with Crippen LogP contribution in [-0.4, -0.2) is 23.2 Å². The number of hydrogen-bond donors (Lipinski definition) is 1. The normalized spacial score (nSPS) is 24.3. The molecule has 0 fully saturated rings. The van der Waals surface area contributed by atoms with Crippen molar-refractivity contribution in [2.75, 3.05) is 7.11 Å². The van der Waals surface area contributed by atoms with Crippen LogP contribution in [0.2, 0.25) is 0 Å². The molecule has 1 N–H and O–H groups in total. The number of allylic oxidation sites excluding steroid dienone is 2. The Morgan fingerprint density at radius 1 is 1.73 bits per heavy atom. The van der Waals surface area contributed by atoms with Crippen molar-refractivity contribution < 1.29 is 9.84 Å². The molecule has 0 saturated heterocycles. The quantitative estimate of drug-likeness (QED) is 0.594. The minimum absolute atomic E-state index is 0.382. The van der Waals surface area contributed by atoms with E-state index in [2.05, 4.69) is 6.08 Å². The summed E-state index contributed by atoms with van der Waals surface area (Å²) in [6.07, 6.45) is 3.69. The molecule has 1 aliphatic carbocycles. The highest BCUT2D eigenvalue weighted by molar-refractivity contribution is 7.80. The van der Waals surface area contributed by atoms with Gasteiger partial charge >= 0.3 is 0 Å². The molecule has 2 nitrogen and oxygen atoms in total. The highest BCUT2D eigenvalue weighted by Gasteiger charge is 2.20. The first-order chi connectivity index (χ1) is 5.16. The highest BCUT2D eigenvalue weighted by atomic mass is 32.1. The van der Waals surface area contributed by atoms with Gasteiger partial charge in [0.15, 0.2) is 0 Å². The molecule has 1 atom stereocenters. The maximum Gasteiger partial charge on any atom is 0.147 e. The van der Waals surface area contributed by atoms with Crippen LogP contribution in [0.4, 0.5) is 0 Å². The van der Waals surface area contributed by atoms with Crippen LogP contribution < -0.4 is 0 Å². The molecule has 1 unspecified atom stereocenters. The van der Waals surface area contributed by atoms with Crippen molar-refractivity contribution in [3.05, 3.63) is 23.5 Å². The summed E-state index contributed by atoms with van der Waals surface area (Å²) < 4.78 is 4.96. The van der Waals surface area contributed by atoms with Crippen LogP contribution >= 0.6 is 12.2 Å². The van der Waals surface area contributed by atoms with E-state index in [1.165, 1.54) is 7.11 Å². The molecule has 11 heavy (non-hydrogen) atoms. The van der Waals surface area contributed by atoms with E-state index in [4.69, 9.17) is 17.0 Å². The van der Waals surface area contributed by atoms with E-state index in [1.54, 1.807) is 6.08 Å². The highest BCUT2D eigenvalue weighted by Crippen LogP contribution is 2.17. The second kappa shape index (κ2) is 3.15. The van der Waals surface area contributed by atoms with Crippen LogP contribution in [0.1, 0.15) is 6.92 Å². The van der Waals surface area contributed by atoms with Gasteiger partial charge in [0, 0.05) is 6.08 Å². The van der Waals surface area contributed by atoms with Gasteiger partial charge in [0.25, 0.3) is 0 Å². The maximum atomic E-state index is 9.40. The third-order valence-corrected chi connectivity index (χ3v) is 1.88. The Balaban J connectivity index is 2.99.